The molecule has 4 aliphatic rings. The molecule has 1 saturated carbocycles. The lowest BCUT2D eigenvalue weighted by Crippen LogP contribution is -2.45. The Morgan fingerprint density at radius 1 is 1.02 bits per heavy atom. The van der Waals surface area contributed by atoms with Crippen molar-refractivity contribution in [3.8, 4) is 11.5 Å². The number of hydrogen-bond acceptors (Lipinski definition) is 11. The minimum absolute atomic E-state index is 0.00734. The quantitative estimate of drug-likeness (QED) is 0.0594. The second-order valence-electron chi connectivity index (χ2n) is 16.1. The molecule has 1 aliphatic carbocycles. The van der Waals surface area contributed by atoms with E-state index in [1.165, 1.54) is 12.3 Å². The van der Waals surface area contributed by atoms with Gasteiger partial charge in [-0.25, -0.2) is 14.6 Å². The van der Waals surface area contributed by atoms with Crippen molar-refractivity contribution in [1.29, 1.82) is 0 Å². The molecule has 1 aromatic heterocycles. The van der Waals surface area contributed by atoms with E-state index in [9.17, 15) is 19.7 Å². The minimum atomic E-state index is -0.461. The SMILES string of the molecule is C=C1[C@H]2[C@H]3CC[C@H](C3)N2C(=O)N1c1ccc([N+](=O)[O-])c2ccc(OCCCCOCCCN3CCO[C@H](COc4cc(C)c(Br)cc4NC(=O)Nc4cnc(C)cn4)C3)cc12. The van der Waals surface area contributed by atoms with Crippen LogP contribution in [0.15, 0.2) is 71.6 Å². The van der Waals surface area contributed by atoms with Crippen molar-refractivity contribution in [3.05, 3.63) is 93.0 Å². The molecule has 3 aliphatic heterocycles. The van der Waals surface area contributed by atoms with Crippen LogP contribution in [-0.4, -0.2) is 108 Å². The summed E-state index contributed by atoms with van der Waals surface area (Å²) in [6.07, 6.45) is 8.53. The van der Waals surface area contributed by atoms with E-state index in [0.29, 0.717) is 78.4 Å². The number of nitrogens with zero attached hydrogens (tertiary/aromatic N) is 6. The molecule has 0 spiro atoms. The van der Waals surface area contributed by atoms with Gasteiger partial charge in [-0.3, -0.25) is 30.2 Å². The summed E-state index contributed by atoms with van der Waals surface area (Å²) in [4.78, 5) is 52.3. The number of piperidine rings is 1. The van der Waals surface area contributed by atoms with Crippen LogP contribution in [0.3, 0.4) is 0 Å². The number of ether oxygens (including phenoxy) is 4. The largest absolute Gasteiger partial charge is 0.494 e. The maximum absolute atomic E-state index is 13.7. The topological polar surface area (TPSA) is 174 Å². The van der Waals surface area contributed by atoms with Gasteiger partial charge in [-0.15, -0.1) is 0 Å². The number of urea groups is 2. The van der Waals surface area contributed by atoms with Crippen LogP contribution in [0.1, 0.15) is 49.8 Å². The number of fused-ring (bicyclic) bond motifs is 6. The average molecular weight is 900 g/mol. The summed E-state index contributed by atoms with van der Waals surface area (Å²) in [5.74, 6) is 1.88. The number of halogens is 1. The highest BCUT2D eigenvalue weighted by Gasteiger charge is 2.56. The van der Waals surface area contributed by atoms with Crippen molar-refractivity contribution in [1.82, 2.24) is 19.8 Å². The molecule has 4 amide bonds. The number of non-ortho nitro benzene ring substituents is 1. The molecule has 2 N–H and O–H groups in total. The Hall–Kier alpha value is -5.36. The number of morpholine rings is 1. The molecular formula is C44H51BrN8O8. The maximum atomic E-state index is 13.7. The van der Waals surface area contributed by atoms with E-state index in [1.54, 1.807) is 35.4 Å². The number of anilines is 3. The molecule has 4 aromatic rings. The van der Waals surface area contributed by atoms with Crippen LogP contribution in [0.25, 0.3) is 10.8 Å². The van der Waals surface area contributed by atoms with Gasteiger partial charge in [0.25, 0.3) is 5.69 Å². The van der Waals surface area contributed by atoms with Crippen molar-refractivity contribution in [2.45, 2.75) is 70.6 Å². The fraction of sp³-hybridized carbons (Fsp3) is 0.455. The number of nitro benzene ring substituents is 1. The van der Waals surface area contributed by atoms with Crippen LogP contribution in [0, 0.1) is 29.9 Å². The predicted octanol–water partition coefficient (Wildman–Crippen LogP) is 8.21. The summed E-state index contributed by atoms with van der Waals surface area (Å²) < 4.78 is 25.1. The Morgan fingerprint density at radius 3 is 2.66 bits per heavy atom. The normalized spacial score (nSPS) is 21.0. The van der Waals surface area contributed by atoms with Gasteiger partial charge in [-0.2, -0.15) is 0 Å². The molecule has 16 nitrogen and oxygen atoms in total. The Kier molecular flexibility index (Phi) is 13.0. The zero-order chi connectivity index (χ0) is 42.6. The lowest BCUT2D eigenvalue weighted by atomic mass is 9.97. The highest BCUT2D eigenvalue weighted by Crippen LogP contribution is 2.51. The Balaban J connectivity index is 0.755. The van der Waals surface area contributed by atoms with Crippen molar-refractivity contribution in [2.75, 3.05) is 68.2 Å². The first-order valence-corrected chi connectivity index (χ1v) is 21.7. The molecule has 0 unspecified atom stereocenters. The number of nitrogens with one attached hydrogen (secondary N) is 2. The number of aryl methyl sites for hydroxylation is 2. The Labute approximate surface area is 362 Å². The number of nitro groups is 1. The molecule has 8 rings (SSSR count). The maximum Gasteiger partial charge on any atom is 0.329 e. The number of unbranched alkanes of at least 4 members (excludes halogenated alkanes) is 1. The van der Waals surface area contributed by atoms with Crippen LogP contribution in [0.2, 0.25) is 0 Å². The summed E-state index contributed by atoms with van der Waals surface area (Å²) in [7, 11) is 0. The van der Waals surface area contributed by atoms with Gasteiger partial charge in [-0.05, 0) is 100 Å². The van der Waals surface area contributed by atoms with Gasteiger partial charge in [0.2, 0.25) is 0 Å². The first kappa shape index (κ1) is 42.3. The first-order chi connectivity index (χ1) is 29.5. The molecule has 17 heteroatoms. The summed E-state index contributed by atoms with van der Waals surface area (Å²) in [6.45, 7) is 13.1. The van der Waals surface area contributed by atoms with Crippen LogP contribution >= 0.6 is 15.9 Å². The summed E-state index contributed by atoms with van der Waals surface area (Å²) in [6, 6.07) is 11.7. The standard InChI is InChI=1S/C44H51BrN8O8/c1-27-19-40(37(22-36(27)45)48-43(54)49-41-24-46-28(2)23-47-41)61-26-33-25-50(14-18-60-33)13-6-16-58-15-4-5-17-59-32-9-10-34-35(21-32)38(11-12-39(34)53(56)57)51-29(3)42-30-7-8-31(20-30)52(42)44(51)55/h9-12,19,21-24,30-31,33,42H,3-8,13-18,20,25-26H2,1-2H3,(H2,47,48,49,54)/t30-,31+,33-,42-/m0/s1. The van der Waals surface area contributed by atoms with Crippen LogP contribution < -0.4 is 25.0 Å². The van der Waals surface area contributed by atoms with Gasteiger partial charge < -0.3 is 29.2 Å². The summed E-state index contributed by atoms with van der Waals surface area (Å²) in [5, 5.41) is 18.5. The molecular weight excluding hydrogens is 848 g/mol. The second kappa shape index (κ2) is 18.7. The van der Waals surface area contributed by atoms with Gasteiger partial charge in [0.05, 0.1) is 59.0 Å². The van der Waals surface area contributed by atoms with Gasteiger partial charge in [-0.1, -0.05) is 22.5 Å². The molecule has 4 atom stereocenters. The summed E-state index contributed by atoms with van der Waals surface area (Å²) in [5.41, 5.74) is 3.55. The van der Waals surface area contributed by atoms with E-state index in [1.807, 2.05) is 30.9 Å². The number of carbonyl (C=O) groups excluding carboxylic acids is 2. The van der Waals surface area contributed by atoms with Gasteiger partial charge in [0.15, 0.2) is 5.82 Å². The molecule has 3 aromatic carbocycles. The number of aromatic nitrogens is 2. The third-order valence-corrected chi connectivity index (χ3v) is 12.8. The van der Waals surface area contributed by atoms with E-state index in [2.05, 4.69) is 48.0 Å². The molecule has 0 radical (unpaired) electrons. The van der Waals surface area contributed by atoms with Crippen molar-refractivity contribution >= 4 is 61.6 Å². The lowest BCUT2D eigenvalue weighted by molar-refractivity contribution is -0.383. The number of amides is 4. The second-order valence-corrected chi connectivity index (χ2v) is 17.0. The number of benzene rings is 3. The van der Waals surface area contributed by atoms with Crippen LogP contribution in [0.4, 0.5) is 32.5 Å². The van der Waals surface area contributed by atoms with E-state index in [-0.39, 0.29) is 29.9 Å². The molecule has 4 heterocycles. The van der Waals surface area contributed by atoms with Crippen molar-refractivity contribution in [3.63, 3.8) is 0 Å². The minimum Gasteiger partial charge on any atom is -0.494 e. The van der Waals surface area contributed by atoms with E-state index >= 15 is 0 Å². The number of carbonyl (C=O) groups is 2. The number of hydrogen-bond donors (Lipinski definition) is 2. The van der Waals surface area contributed by atoms with Gasteiger partial charge >= 0.3 is 12.1 Å². The molecule has 322 valence electrons. The fourth-order valence-electron chi connectivity index (χ4n) is 8.92. The zero-order valence-electron chi connectivity index (χ0n) is 34.4. The van der Waals surface area contributed by atoms with E-state index in [0.717, 1.165) is 79.6 Å². The Bertz CT molecular complexity index is 2270. The Morgan fingerprint density at radius 2 is 1.85 bits per heavy atom. The molecule has 2 bridgehead atoms. The molecule has 4 fully saturated rings. The average Bonchev–Trinajstić information content (AvgIpc) is 3.94. The van der Waals surface area contributed by atoms with E-state index < -0.39 is 11.0 Å². The van der Waals surface area contributed by atoms with Gasteiger partial charge in [0.1, 0.15) is 24.2 Å². The highest BCUT2D eigenvalue weighted by atomic mass is 79.9. The monoisotopic (exact) mass is 898 g/mol. The molecule has 3 saturated heterocycles. The smallest absolute Gasteiger partial charge is 0.329 e. The predicted molar refractivity (Wildman–Crippen MR) is 235 cm³/mol. The fourth-order valence-corrected chi connectivity index (χ4v) is 9.26. The third-order valence-electron chi connectivity index (χ3n) is 11.9. The van der Waals surface area contributed by atoms with Crippen LogP contribution in [-0.2, 0) is 9.47 Å². The van der Waals surface area contributed by atoms with Crippen molar-refractivity contribution in [2.24, 2.45) is 5.92 Å². The lowest BCUT2D eigenvalue weighted by Gasteiger charge is -2.33. The number of rotatable bonds is 17. The first-order valence-electron chi connectivity index (χ1n) is 20.9. The third kappa shape index (κ3) is 9.44. The van der Waals surface area contributed by atoms with Crippen LogP contribution in [0.5, 0.6) is 11.5 Å². The highest BCUT2D eigenvalue weighted by molar-refractivity contribution is 9.10. The van der Waals surface area contributed by atoms with Gasteiger partial charge in [0, 0.05) is 60.5 Å². The van der Waals surface area contributed by atoms with Crippen molar-refractivity contribution < 1.29 is 33.5 Å². The zero-order valence-corrected chi connectivity index (χ0v) is 36.0. The summed E-state index contributed by atoms with van der Waals surface area (Å²) >= 11 is 3.55. The van der Waals surface area contributed by atoms with E-state index in [4.69, 9.17) is 18.9 Å². The molecule has 61 heavy (non-hydrogen) atoms.